The van der Waals surface area contributed by atoms with Crippen molar-refractivity contribution in [2.75, 3.05) is 6.54 Å². The average molecular weight is 324 g/mol. The van der Waals surface area contributed by atoms with Gasteiger partial charge in [-0.15, -0.1) is 11.8 Å². The lowest BCUT2D eigenvalue weighted by molar-refractivity contribution is 0.659. The van der Waals surface area contributed by atoms with Gasteiger partial charge in [0.15, 0.2) is 0 Å². The summed E-state index contributed by atoms with van der Waals surface area (Å²) in [6, 6.07) is 9.17. The van der Waals surface area contributed by atoms with Crippen molar-refractivity contribution >= 4 is 23.4 Å². The molecule has 0 aliphatic heterocycles. The molecule has 1 aromatic carbocycles. The smallest absolute Gasteiger partial charge is 0.251 e. The van der Waals surface area contributed by atoms with Gasteiger partial charge in [0.25, 0.3) is 5.56 Å². The van der Waals surface area contributed by atoms with E-state index in [9.17, 15) is 4.79 Å². The summed E-state index contributed by atoms with van der Waals surface area (Å²) in [5.41, 5.74) is 0.661. The highest BCUT2D eigenvalue weighted by Gasteiger charge is 2.03. The highest BCUT2D eigenvalue weighted by molar-refractivity contribution is 7.98. The van der Waals surface area contributed by atoms with Crippen LogP contribution in [0.1, 0.15) is 24.9 Å². The Labute approximate surface area is 133 Å². The fourth-order valence-corrected chi connectivity index (χ4v) is 2.90. The molecule has 0 atom stereocenters. The van der Waals surface area contributed by atoms with E-state index < -0.39 is 0 Å². The molecule has 2 N–H and O–H groups in total. The van der Waals surface area contributed by atoms with Crippen molar-refractivity contribution in [3.8, 4) is 0 Å². The Bertz CT molecular complexity index is 645. The first-order valence-corrected chi connectivity index (χ1v) is 8.22. The fourth-order valence-electron chi connectivity index (χ4n) is 1.82. The van der Waals surface area contributed by atoms with E-state index in [-0.39, 0.29) is 5.56 Å². The van der Waals surface area contributed by atoms with Gasteiger partial charge in [-0.05, 0) is 31.2 Å². The minimum Gasteiger partial charge on any atom is -0.311 e. The Kier molecular flexibility index (Phi) is 6.29. The highest BCUT2D eigenvalue weighted by Crippen LogP contribution is 2.23. The molecule has 0 fully saturated rings. The summed E-state index contributed by atoms with van der Waals surface area (Å²) in [4.78, 5) is 20.0. The van der Waals surface area contributed by atoms with E-state index in [1.807, 2.05) is 24.3 Å². The zero-order valence-corrected chi connectivity index (χ0v) is 13.4. The maximum atomic E-state index is 11.7. The number of benzene rings is 1. The molecule has 0 spiro atoms. The Morgan fingerprint density at radius 2 is 2.24 bits per heavy atom. The number of nitrogens with zero attached hydrogens (tertiary/aromatic N) is 1. The molecule has 0 saturated carbocycles. The third kappa shape index (κ3) is 5.53. The number of aromatic amines is 1. The quantitative estimate of drug-likeness (QED) is 0.607. The van der Waals surface area contributed by atoms with Crippen LogP contribution in [0.25, 0.3) is 0 Å². The zero-order chi connectivity index (χ0) is 15.1. The third-order valence-corrected chi connectivity index (χ3v) is 3.99. The molecule has 4 nitrogen and oxygen atoms in total. The largest absolute Gasteiger partial charge is 0.311 e. The van der Waals surface area contributed by atoms with E-state index in [1.54, 1.807) is 11.8 Å². The number of thioether (sulfide) groups is 1. The van der Waals surface area contributed by atoms with Gasteiger partial charge in [-0.3, -0.25) is 4.79 Å². The summed E-state index contributed by atoms with van der Waals surface area (Å²) < 4.78 is 0. The molecule has 0 radical (unpaired) electrons. The Morgan fingerprint density at radius 1 is 1.38 bits per heavy atom. The molecule has 0 unspecified atom stereocenters. The van der Waals surface area contributed by atoms with Crippen molar-refractivity contribution in [3.05, 3.63) is 57.2 Å². The van der Waals surface area contributed by atoms with Gasteiger partial charge in [0.2, 0.25) is 0 Å². The SMILES string of the molecule is CCCNCc1cc(=O)[nH]c(CSc2cccc(Cl)c2)n1. The van der Waals surface area contributed by atoms with Gasteiger partial charge >= 0.3 is 0 Å². The number of nitrogens with one attached hydrogen (secondary N) is 2. The molecule has 0 bridgehead atoms. The summed E-state index contributed by atoms with van der Waals surface area (Å²) in [6.07, 6.45) is 1.06. The average Bonchev–Trinajstić information content (AvgIpc) is 2.45. The van der Waals surface area contributed by atoms with Crippen LogP contribution in [0.5, 0.6) is 0 Å². The second-order valence-corrected chi connectivity index (χ2v) is 6.09. The van der Waals surface area contributed by atoms with Crippen molar-refractivity contribution in [3.63, 3.8) is 0 Å². The van der Waals surface area contributed by atoms with Crippen LogP contribution in [0.3, 0.4) is 0 Å². The van der Waals surface area contributed by atoms with E-state index >= 15 is 0 Å². The van der Waals surface area contributed by atoms with Gasteiger partial charge in [-0.1, -0.05) is 24.6 Å². The maximum absolute atomic E-state index is 11.7. The number of hydrogen-bond acceptors (Lipinski definition) is 4. The van der Waals surface area contributed by atoms with Crippen molar-refractivity contribution in [1.82, 2.24) is 15.3 Å². The molecule has 6 heteroatoms. The minimum absolute atomic E-state index is 0.111. The predicted molar refractivity (Wildman–Crippen MR) is 87.9 cm³/mol. The molecule has 2 rings (SSSR count). The topological polar surface area (TPSA) is 57.8 Å². The summed E-state index contributed by atoms with van der Waals surface area (Å²) in [7, 11) is 0. The normalized spacial score (nSPS) is 10.8. The van der Waals surface area contributed by atoms with Crippen molar-refractivity contribution in [1.29, 1.82) is 0 Å². The first-order valence-electron chi connectivity index (χ1n) is 6.85. The summed E-state index contributed by atoms with van der Waals surface area (Å²) in [6.45, 7) is 3.64. The summed E-state index contributed by atoms with van der Waals surface area (Å²) in [5.74, 6) is 1.29. The van der Waals surface area contributed by atoms with E-state index in [0.29, 0.717) is 23.1 Å². The van der Waals surface area contributed by atoms with Gasteiger partial charge in [0.1, 0.15) is 5.82 Å². The number of H-pyrrole nitrogens is 1. The van der Waals surface area contributed by atoms with Crippen LogP contribution in [-0.4, -0.2) is 16.5 Å². The van der Waals surface area contributed by atoms with Crippen LogP contribution in [0.15, 0.2) is 40.0 Å². The highest BCUT2D eigenvalue weighted by atomic mass is 35.5. The summed E-state index contributed by atoms with van der Waals surface area (Å²) >= 11 is 7.55. The predicted octanol–water partition coefficient (Wildman–Crippen LogP) is 3.22. The van der Waals surface area contributed by atoms with E-state index in [1.165, 1.54) is 6.07 Å². The van der Waals surface area contributed by atoms with Gasteiger partial charge in [0.05, 0.1) is 11.4 Å². The van der Waals surface area contributed by atoms with Gasteiger partial charge in [-0.2, -0.15) is 0 Å². The van der Waals surface area contributed by atoms with Crippen molar-refractivity contribution in [2.24, 2.45) is 0 Å². The number of halogens is 1. The van der Waals surface area contributed by atoms with Crippen molar-refractivity contribution in [2.45, 2.75) is 30.5 Å². The molecular weight excluding hydrogens is 306 g/mol. The standard InChI is InChI=1S/C15H18ClN3OS/c1-2-6-17-9-12-8-15(20)19-14(18-12)10-21-13-5-3-4-11(16)7-13/h3-5,7-8,17H,2,6,9-10H2,1H3,(H,18,19,20). The maximum Gasteiger partial charge on any atom is 0.251 e. The van der Waals surface area contributed by atoms with Crippen molar-refractivity contribution < 1.29 is 0 Å². The molecule has 1 aromatic heterocycles. The molecule has 0 amide bonds. The van der Waals surface area contributed by atoms with Gasteiger partial charge in [-0.25, -0.2) is 4.98 Å². The van der Waals surface area contributed by atoms with Crippen LogP contribution >= 0.6 is 23.4 Å². The lowest BCUT2D eigenvalue weighted by Crippen LogP contribution is -2.19. The Morgan fingerprint density at radius 3 is 3.00 bits per heavy atom. The molecular formula is C15H18ClN3OS. The van der Waals surface area contributed by atoms with Crippen LogP contribution in [0, 0.1) is 0 Å². The lowest BCUT2D eigenvalue weighted by Gasteiger charge is -2.06. The first kappa shape index (κ1) is 16.1. The molecule has 21 heavy (non-hydrogen) atoms. The fraction of sp³-hybridized carbons (Fsp3) is 0.333. The van der Waals surface area contributed by atoms with Gasteiger partial charge in [0, 0.05) is 22.5 Å². The molecule has 1 heterocycles. The van der Waals surface area contributed by atoms with Crippen LogP contribution < -0.4 is 10.9 Å². The van der Waals surface area contributed by atoms with E-state index in [2.05, 4.69) is 22.2 Å². The molecule has 2 aromatic rings. The second kappa shape index (κ2) is 8.22. The molecule has 112 valence electrons. The Balaban J connectivity index is 2.00. The van der Waals surface area contributed by atoms with Crippen LogP contribution in [-0.2, 0) is 12.3 Å². The third-order valence-electron chi connectivity index (χ3n) is 2.75. The number of aromatic nitrogens is 2. The molecule has 0 aliphatic carbocycles. The number of rotatable bonds is 7. The first-order chi connectivity index (χ1) is 10.2. The lowest BCUT2D eigenvalue weighted by atomic mass is 10.3. The second-order valence-electron chi connectivity index (χ2n) is 4.61. The Hall–Kier alpha value is -1.30. The van der Waals surface area contributed by atoms with E-state index in [4.69, 9.17) is 11.6 Å². The zero-order valence-electron chi connectivity index (χ0n) is 11.9. The van der Waals surface area contributed by atoms with Gasteiger partial charge < -0.3 is 10.3 Å². The molecule has 0 aliphatic rings. The van der Waals surface area contributed by atoms with Crippen LogP contribution in [0.2, 0.25) is 5.02 Å². The molecule has 0 saturated heterocycles. The monoisotopic (exact) mass is 323 g/mol. The minimum atomic E-state index is -0.111. The van der Waals surface area contributed by atoms with Crippen LogP contribution in [0.4, 0.5) is 0 Å². The van der Waals surface area contributed by atoms with E-state index in [0.717, 1.165) is 23.6 Å². The number of hydrogen-bond donors (Lipinski definition) is 2. The summed E-state index contributed by atoms with van der Waals surface area (Å²) in [5, 5.41) is 3.95.